The Balaban J connectivity index is 1.72. The van der Waals surface area contributed by atoms with Crippen molar-refractivity contribution >= 4 is 17.6 Å². The second kappa shape index (κ2) is 6.17. The molecule has 1 amide bonds. The van der Waals surface area contributed by atoms with Crippen molar-refractivity contribution in [1.82, 2.24) is 10.3 Å². The fourth-order valence-corrected chi connectivity index (χ4v) is 1.72. The minimum atomic E-state index is -0.989. The van der Waals surface area contributed by atoms with E-state index in [1.807, 2.05) is 0 Å². The molecule has 19 heavy (non-hydrogen) atoms. The van der Waals surface area contributed by atoms with Gasteiger partial charge in [-0.2, -0.15) is 0 Å². The lowest BCUT2D eigenvalue weighted by molar-refractivity contribution is -0.121. The highest BCUT2D eigenvalue weighted by Crippen LogP contribution is 2.18. The molecule has 1 heterocycles. The summed E-state index contributed by atoms with van der Waals surface area (Å²) >= 11 is 0. The monoisotopic (exact) mass is 263 g/mol. The summed E-state index contributed by atoms with van der Waals surface area (Å²) in [6.07, 6.45) is 6.20. The largest absolute Gasteiger partial charge is 0.478 e. The summed E-state index contributed by atoms with van der Waals surface area (Å²) in [5.41, 5.74) is 0.676. The summed E-state index contributed by atoms with van der Waals surface area (Å²) in [5.74, 6) is -0.926. The number of nitrogens with zero attached hydrogens (tertiary/aromatic N) is 1. The number of rotatable bonds is 7. The summed E-state index contributed by atoms with van der Waals surface area (Å²) in [6.45, 7) is 0.546. The summed E-state index contributed by atoms with van der Waals surface area (Å²) in [6, 6.07) is 1.84. The molecule has 0 radical (unpaired) electrons. The number of carbonyl (C=O) groups excluding carboxylic acids is 1. The number of aromatic carboxylic acids is 1. The standard InChI is InChI=1S/C13H17N3O3/c17-12(16-9-3-4-9)2-1-6-15-11-8-14-7-5-10(11)13(18)19/h5,7-9,15H,1-4,6H2,(H,16,17)(H,18,19). The van der Waals surface area contributed by atoms with Gasteiger partial charge in [0.1, 0.15) is 0 Å². The number of anilines is 1. The number of carboxylic acid groups (broad SMARTS) is 1. The maximum atomic E-state index is 11.4. The molecule has 1 aromatic rings. The zero-order valence-corrected chi connectivity index (χ0v) is 10.6. The van der Waals surface area contributed by atoms with Crippen LogP contribution in [0.25, 0.3) is 0 Å². The molecular formula is C13H17N3O3. The van der Waals surface area contributed by atoms with Gasteiger partial charge < -0.3 is 15.7 Å². The first kappa shape index (κ1) is 13.3. The summed E-state index contributed by atoms with van der Waals surface area (Å²) in [7, 11) is 0. The molecule has 0 saturated heterocycles. The van der Waals surface area contributed by atoms with Gasteiger partial charge in [-0.15, -0.1) is 0 Å². The highest BCUT2D eigenvalue weighted by molar-refractivity contribution is 5.93. The molecule has 1 aromatic heterocycles. The van der Waals surface area contributed by atoms with E-state index < -0.39 is 5.97 Å². The van der Waals surface area contributed by atoms with Crippen molar-refractivity contribution < 1.29 is 14.7 Å². The van der Waals surface area contributed by atoms with Gasteiger partial charge in [0.25, 0.3) is 0 Å². The highest BCUT2D eigenvalue weighted by atomic mass is 16.4. The predicted molar refractivity (Wildman–Crippen MR) is 70.1 cm³/mol. The maximum Gasteiger partial charge on any atom is 0.337 e. The number of pyridine rings is 1. The van der Waals surface area contributed by atoms with E-state index in [0.717, 1.165) is 12.8 Å². The number of hydrogen-bond donors (Lipinski definition) is 3. The molecule has 3 N–H and O–H groups in total. The van der Waals surface area contributed by atoms with Gasteiger partial charge in [0.05, 0.1) is 17.4 Å². The first-order chi connectivity index (χ1) is 9.16. The summed E-state index contributed by atoms with van der Waals surface area (Å²) in [5, 5.41) is 14.9. The van der Waals surface area contributed by atoms with E-state index in [4.69, 9.17) is 5.11 Å². The third kappa shape index (κ3) is 4.24. The molecule has 0 unspecified atom stereocenters. The van der Waals surface area contributed by atoms with Gasteiger partial charge in [-0.25, -0.2) is 4.79 Å². The Bertz CT molecular complexity index is 472. The van der Waals surface area contributed by atoms with E-state index >= 15 is 0 Å². The topological polar surface area (TPSA) is 91.3 Å². The Labute approximate surface area is 111 Å². The van der Waals surface area contributed by atoms with Crippen LogP contribution in [0, 0.1) is 0 Å². The lowest BCUT2D eigenvalue weighted by atomic mass is 10.2. The Hall–Kier alpha value is -2.11. The van der Waals surface area contributed by atoms with Crippen LogP contribution in [0.4, 0.5) is 5.69 Å². The van der Waals surface area contributed by atoms with Crippen LogP contribution in [-0.2, 0) is 4.79 Å². The van der Waals surface area contributed by atoms with Gasteiger partial charge in [0.2, 0.25) is 5.91 Å². The average molecular weight is 263 g/mol. The second-order valence-electron chi connectivity index (χ2n) is 4.60. The molecule has 1 aliphatic carbocycles. The van der Waals surface area contributed by atoms with Crippen LogP contribution in [0.5, 0.6) is 0 Å². The van der Waals surface area contributed by atoms with E-state index in [1.54, 1.807) is 0 Å². The molecule has 0 bridgehead atoms. The molecule has 102 valence electrons. The normalized spacial score (nSPS) is 13.9. The van der Waals surface area contributed by atoms with Crippen LogP contribution in [0.15, 0.2) is 18.5 Å². The number of carbonyl (C=O) groups is 2. The molecule has 1 aliphatic rings. The number of hydrogen-bond acceptors (Lipinski definition) is 4. The summed E-state index contributed by atoms with van der Waals surface area (Å²) < 4.78 is 0. The van der Waals surface area contributed by atoms with E-state index in [9.17, 15) is 9.59 Å². The van der Waals surface area contributed by atoms with Gasteiger partial charge in [-0.05, 0) is 25.3 Å². The molecule has 0 spiro atoms. The molecule has 1 saturated carbocycles. The van der Waals surface area contributed by atoms with Crippen LogP contribution in [0.3, 0.4) is 0 Å². The van der Waals surface area contributed by atoms with Gasteiger partial charge >= 0.3 is 5.97 Å². The second-order valence-corrected chi connectivity index (χ2v) is 4.60. The number of carboxylic acids is 1. The molecular weight excluding hydrogens is 246 g/mol. The molecule has 1 fully saturated rings. The van der Waals surface area contributed by atoms with E-state index in [1.165, 1.54) is 18.5 Å². The number of nitrogens with one attached hydrogen (secondary N) is 2. The quantitative estimate of drug-likeness (QED) is 0.644. The van der Waals surface area contributed by atoms with Crippen LogP contribution in [0.1, 0.15) is 36.0 Å². The Morgan fingerprint density at radius 1 is 1.42 bits per heavy atom. The third-order valence-electron chi connectivity index (χ3n) is 2.89. The fourth-order valence-electron chi connectivity index (χ4n) is 1.72. The first-order valence-electron chi connectivity index (χ1n) is 6.37. The van der Waals surface area contributed by atoms with Crippen molar-refractivity contribution in [3.8, 4) is 0 Å². The third-order valence-corrected chi connectivity index (χ3v) is 2.89. The molecule has 0 aliphatic heterocycles. The van der Waals surface area contributed by atoms with Crippen molar-refractivity contribution in [1.29, 1.82) is 0 Å². The predicted octanol–water partition coefficient (Wildman–Crippen LogP) is 1.25. The van der Waals surface area contributed by atoms with E-state index in [-0.39, 0.29) is 11.5 Å². The van der Waals surface area contributed by atoms with E-state index in [2.05, 4.69) is 15.6 Å². The maximum absolute atomic E-state index is 11.4. The average Bonchev–Trinajstić information content (AvgIpc) is 3.19. The Kier molecular flexibility index (Phi) is 4.33. The number of amides is 1. The molecule has 6 nitrogen and oxygen atoms in total. The van der Waals surface area contributed by atoms with Gasteiger partial charge in [-0.3, -0.25) is 9.78 Å². The lowest BCUT2D eigenvalue weighted by Gasteiger charge is -2.08. The summed E-state index contributed by atoms with van der Waals surface area (Å²) in [4.78, 5) is 26.3. The molecule has 2 rings (SSSR count). The SMILES string of the molecule is O=C(CCCNc1cnccc1C(=O)O)NC1CC1. The zero-order chi connectivity index (χ0) is 13.7. The minimum absolute atomic E-state index is 0.0638. The Morgan fingerprint density at radius 2 is 2.21 bits per heavy atom. The van der Waals surface area contributed by atoms with Crippen molar-refractivity contribution in [3.05, 3.63) is 24.0 Å². The molecule has 0 atom stereocenters. The molecule has 6 heteroatoms. The van der Waals surface area contributed by atoms with Crippen molar-refractivity contribution in [2.75, 3.05) is 11.9 Å². The van der Waals surface area contributed by atoms with Gasteiger partial charge in [-0.1, -0.05) is 0 Å². The lowest BCUT2D eigenvalue weighted by Crippen LogP contribution is -2.25. The smallest absolute Gasteiger partial charge is 0.337 e. The van der Waals surface area contributed by atoms with Crippen LogP contribution < -0.4 is 10.6 Å². The van der Waals surface area contributed by atoms with Gasteiger partial charge in [0, 0.05) is 25.2 Å². The van der Waals surface area contributed by atoms with Crippen LogP contribution >= 0.6 is 0 Å². The van der Waals surface area contributed by atoms with Crippen LogP contribution in [0.2, 0.25) is 0 Å². The Morgan fingerprint density at radius 3 is 2.89 bits per heavy atom. The minimum Gasteiger partial charge on any atom is -0.478 e. The van der Waals surface area contributed by atoms with E-state index in [0.29, 0.717) is 31.1 Å². The zero-order valence-electron chi connectivity index (χ0n) is 10.6. The fraction of sp³-hybridized carbons (Fsp3) is 0.462. The highest BCUT2D eigenvalue weighted by Gasteiger charge is 2.22. The van der Waals surface area contributed by atoms with Crippen molar-refractivity contribution in [2.45, 2.75) is 31.7 Å². The molecule has 0 aromatic carbocycles. The van der Waals surface area contributed by atoms with Crippen molar-refractivity contribution in [3.63, 3.8) is 0 Å². The number of aromatic nitrogens is 1. The first-order valence-corrected chi connectivity index (χ1v) is 6.37. The van der Waals surface area contributed by atoms with Crippen molar-refractivity contribution in [2.24, 2.45) is 0 Å². The van der Waals surface area contributed by atoms with Crippen LogP contribution in [-0.4, -0.2) is 34.6 Å². The van der Waals surface area contributed by atoms with Gasteiger partial charge in [0.15, 0.2) is 0 Å².